The van der Waals surface area contributed by atoms with Crippen LogP contribution in [-0.4, -0.2) is 10.7 Å². The van der Waals surface area contributed by atoms with Crippen molar-refractivity contribution in [2.75, 3.05) is 0 Å². The summed E-state index contributed by atoms with van der Waals surface area (Å²) < 4.78 is 1.25. The summed E-state index contributed by atoms with van der Waals surface area (Å²) in [6, 6.07) is 8.53. The zero-order chi connectivity index (χ0) is 12.5. The van der Waals surface area contributed by atoms with Crippen molar-refractivity contribution in [1.29, 1.82) is 0 Å². The molecule has 1 saturated carbocycles. The summed E-state index contributed by atoms with van der Waals surface area (Å²) in [6.45, 7) is 4.52. The summed E-state index contributed by atoms with van der Waals surface area (Å²) in [6.07, 6.45) is 3.96. The maximum atomic E-state index is 10.7. The predicted octanol–water partition coefficient (Wildman–Crippen LogP) is 4.02. The van der Waals surface area contributed by atoms with Crippen molar-refractivity contribution < 1.29 is 5.11 Å². The Hall–Kier alpha value is -0.0900. The van der Waals surface area contributed by atoms with Gasteiger partial charge in [-0.2, -0.15) is 0 Å². The van der Waals surface area contributed by atoms with Gasteiger partial charge in [0.25, 0.3) is 0 Å². The summed E-state index contributed by atoms with van der Waals surface area (Å²) in [7, 11) is 0. The molecule has 2 atom stereocenters. The van der Waals surface area contributed by atoms with Gasteiger partial charge in [-0.3, -0.25) is 0 Å². The van der Waals surface area contributed by atoms with Crippen molar-refractivity contribution >= 4 is 22.6 Å². The van der Waals surface area contributed by atoms with E-state index < -0.39 is 5.60 Å². The van der Waals surface area contributed by atoms with Gasteiger partial charge < -0.3 is 5.11 Å². The highest BCUT2D eigenvalue weighted by Crippen LogP contribution is 2.37. The van der Waals surface area contributed by atoms with E-state index in [4.69, 9.17) is 0 Å². The third-order valence-electron chi connectivity index (χ3n) is 3.71. The van der Waals surface area contributed by atoms with E-state index in [0.29, 0.717) is 11.8 Å². The molecule has 0 aliphatic heterocycles. The van der Waals surface area contributed by atoms with Gasteiger partial charge in [-0.1, -0.05) is 26.0 Å². The molecule has 0 spiro atoms. The van der Waals surface area contributed by atoms with Crippen LogP contribution in [0.5, 0.6) is 0 Å². The molecule has 0 amide bonds. The first-order valence-corrected chi connectivity index (χ1v) is 7.51. The van der Waals surface area contributed by atoms with Crippen LogP contribution in [0.2, 0.25) is 0 Å². The highest BCUT2D eigenvalue weighted by molar-refractivity contribution is 14.1. The number of hydrogen-bond acceptors (Lipinski definition) is 1. The SMILES string of the molecule is CC1CC(C)CC(O)(Cc2ccc(I)cc2)C1. The molecule has 2 unspecified atom stereocenters. The summed E-state index contributed by atoms with van der Waals surface area (Å²) in [5.41, 5.74) is 0.776. The van der Waals surface area contributed by atoms with Gasteiger partial charge in [0.2, 0.25) is 0 Å². The molecule has 1 aliphatic rings. The molecule has 0 heterocycles. The van der Waals surface area contributed by atoms with Crippen molar-refractivity contribution in [3.05, 3.63) is 33.4 Å². The highest BCUT2D eigenvalue weighted by atomic mass is 127. The molecular formula is C15H21IO. The summed E-state index contributed by atoms with van der Waals surface area (Å²) in [4.78, 5) is 0. The third kappa shape index (κ3) is 3.68. The van der Waals surface area contributed by atoms with Gasteiger partial charge in [-0.25, -0.2) is 0 Å². The molecule has 2 rings (SSSR count). The second-order valence-electron chi connectivity index (χ2n) is 5.88. The highest BCUT2D eigenvalue weighted by Gasteiger charge is 2.35. The molecule has 0 saturated heterocycles. The molecule has 1 N–H and O–H groups in total. The fourth-order valence-corrected chi connectivity index (χ4v) is 3.72. The predicted molar refractivity (Wildman–Crippen MR) is 80.0 cm³/mol. The van der Waals surface area contributed by atoms with Crippen LogP contribution < -0.4 is 0 Å². The zero-order valence-corrected chi connectivity index (χ0v) is 12.8. The Kier molecular flexibility index (Phi) is 4.14. The molecular weight excluding hydrogens is 323 g/mol. The summed E-state index contributed by atoms with van der Waals surface area (Å²) in [5, 5.41) is 10.7. The quantitative estimate of drug-likeness (QED) is 0.804. The molecule has 1 aromatic carbocycles. The first-order valence-electron chi connectivity index (χ1n) is 6.44. The topological polar surface area (TPSA) is 20.2 Å². The Balaban J connectivity index is 2.08. The van der Waals surface area contributed by atoms with E-state index in [0.717, 1.165) is 19.3 Å². The summed E-state index contributed by atoms with van der Waals surface area (Å²) >= 11 is 2.31. The Morgan fingerprint density at radius 2 is 1.71 bits per heavy atom. The van der Waals surface area contributed by atoms with Gasteiger partial charge in [0.1, 0.15) is 0 Å². The largest absolute Gasteiger partial charge is 0.390 e. The minimum absolute atomic E-state index is 0.482. The molecule has 1 fully saturated rings. The van der Waals surface area contributed by atoms with E-state index in [9.17, 15) is 5.11 Å². The maximum Gasteiger partial charge on any atom is 0.0693 e. The van der Waals surface area contributed by atoms with Gasteiger partial charge in [0, 0.05) is 9.99 Å². The van der Waals surface area contributed by atoms with E-state index >= 15 is 0 Å². The van der Waals surface area contributed by atoms with Crippen LogP contribution >= 0.6 is 22.6 Å². The van der Waals surface area contributed by atoms with E-state index in [1.54, 1.807) is 0 Å². The molecule has 17 heavy (non-hydrogen) atoms. The van der Waals surface area contributed by atoms with Crippen LogP contribution in [0.3, 0.4) is 0 Å². The second-order valence-corrected chi connectivity index (χ2v) is 7.13. The zero-order valence-electron chi connectivity index (χ0n) is 10.6. The fourth-order valence-electron chi connectivity index (χ4n) is 3.36. The molecule has 2 heteroatoms. The summed E-state index contributed by atoms with van der Waals surface area (Å²) in [5.74, 6) is 1.29. The van der Waals surface area contributed by atoms with E-state index in [1.807, 2.05) is 0 Å². The van der Waals surface area contributed by atoms with Crippen LogP contribution in [-0.2, 0) is 6.42 Å². The lowest BCUT2D eigenvalue weighted by molar-refractivity contribution is -0.0304. The van der Waals surface area contributed by atoms with E-state index in [2.05, 4.69) is 60.7 Å². The average molecular weight is 344 g/mol. The molecule has 1 aromatic rings. The fraction of sp³-hybridized carbons (Fsp3) is 0.600. The monoisotopic (exact) mass is 344 g/mol. The maximum absolute atomic E-state index is 10.7. The molecule has 1 nitrogen and oxygen atoms in total. The number of benzene rings is 1. The van der Waals surface area contributed by atoms with Crippen LogP contribution in [0.25, 0.3) is 0 Å². The first kappa shape index (κ1) is 13.3. The smallest absolute Gasteiger partial charge is 0.0693 e. The first-order chi connectivity index (χ1) is 7.97. The minimum atomic E-state index is -0.482. The van der Waals surface area contributed by atoms with Gasteiger partial charge >= 0.3 is 0 Å². The van der Waals surface area contributed by atoms with Gasteiger partial charge in [-0.15, -0.1) is 0 Å². The molecule has 94 valence electrons. The normalized spacial score (nSPS) is 33.6. The van der Waals surface area contributed by atoms with Crippen molar-refractivity contribution in [3.8, 4) is 0 Å². The molecule has 0 bridgehead atoms. The molecule has 0 radical (unpaired) electrons. The van der Waals surface area contributed by atoms with Gasteiger partial charge in [0.15, 0.2) is 0 Å². The van der Waals surface area contributed by atoms with Crippen molar-refractivity contribution in [3.63, 3.8) is 0 Å². The van der Waals surface area contributed by atoms with Crippen molar-refractivity contribution in [1.82, 2.24) is 0 Å². The number of rotatable bonds is 2. The Morgan fingerprint density at radius 1 is 1.18 bits per heavy atom. The average Bonchev–Trinajstić information content (AvgIpc) is 2.19. The number of aliphatic hydroxyl groups is 1. The van der Waals surface area contributed by atoms with Crippen LogP contribution in [0.4, 0.5) is 0 Å². The Morgan fingerprint density at radius 3 is 2.24 bits per heavy atom. The van der Waals surface area contributed by atoms with Crippen LogP contribution in [0.15, 0.2) is 24.3 Å². The second kappa shape index (κ2) is 5.27. The lowest BCUT2D eigenvalue weighted by atomic mass is 9.71. The van der Waals surface area contributed by atoms with Crippen LogP contribution in [0, 0.1) is 15.4 Å². The van der Waals surface area contributed by atoms with Crippen molar-refractivity contribution in [2.45, 2.75) is 45.1 Å². The van der Waals surface area contributed by atoms with E-state index in [1.165, 1.54) is 15.6 Å². The lowest BCUT2D eigenvalue weighted by Gasteiger charge is -2.39. The number of halogens is 1. The Bertz CT molecular complexity index is 361. The van der Waals surface area contributed by atoms with Gasteiger partial charge in [-0.05, 0) is 71.4 Å². The van der Waals surface area contributed by atoms with Crippen LogP contribution in [0.1, 0.15) is 38.7 Å². The van der Waals surface area contributed by atoms with Crippen molar-refractivity contribution in [2.24, 2.45) is 11.8 Å². The minimum Gasteiger partial charge on any atom is -0.390 e. The number of hydrogen-bond donors (Lipinski definition) is 1. The van der Waals surface area contributed by atoms with E-state index in [-0.39, 0.29) is 0 Å². The lowest BCUT2D eigenvalue weighted by Crippen LogP contribution is -2.39. The molecule has 0 aromatic heterocycles. The van der Waals surface area contributed by atoms with Gasteiger partial charge in [0.05, 0.1) is 5.60 Å². The standard InChI is InChI=1S/C15H21IO/c1-11-7-12(2)9-15(17,8-11)10-13-3-5-14(16)6-4-13/h3-6,11-12,17H,7-10H2,1-2H3. The third-order valence-corrected chi connectivity index (χ3v) is 4.43. The Labute approximate surface area is 118 Å². The molecule has 1 aliphatic carbocycles.